The summed E-state index contributed by atoms with van der Waals surface area (Å²) in [5.41, 5.74) is 10.2. The molecule has 1 fully saturated rings. The molecule has 4 N–H and O–H groups in total. The van der Waals surface area contributed by atoms with Gasteiger partial charge in [0.05, 0.1) is 11.7 Å². The number of H-pyrrole nitrogens is 1. The second-order valence-corrected chi connectivity index (χ2v) is 12.8. The van der Waals surface area contributed by atoms with Gasteiger partial charge in [-0.1, -0.05) is 76.6 Å². The molecule has 198 valence electrons. The van der Waals surface area contributed by atoms with Crippen molar-refractivity contribution in [1.82, 2.24) is 15.2 Å². The Morgan fingerprint density at radius 2 is 1.74 bits per heavy atom. The van der Waals surface area contributed by atoms with Crippen LogP contribution in [-0.2, 0) is 24.1 Å². The van der Waals surface area contributed by atoms with Crippen LogP contribution in [0.4, 0.5) is 0 Å². The van der Waals surface area contributed by atoms with Crippen LogP contribution in [0.2, 0.25) is 0 Å². The maximum Gasteiger partial charge on any atom is 0.240 e. The van der Waals surface area contributed by atoms with E-state index in [-0.39, 0.29) is 18.1 Å². The Labute approximate surface area is 237 Å². The number of thioether (sulfide) groups is 1. The van der Waals surface area contributed by atoms with Gasteiger partial charge in [0.2, 0.25) is 5.91 Å². The van der Waals surface area contributed by atoms with Crippen molar-refractivity contribution in [2.24, 2.45) is 5.73 Å². The number of hydrogen-bond donors (Lipinski definition) is 3. The molecule has 0 saturated carbocycles. The van der Waals surface area contributed by atoms with Gasteiger partial charge in [-0.2, -0.15) is 0 Å². The third-order valence-corrected chi connectivity index (χ3v) is 9.19. The summed E-state index contributed by atoms with van der Waals surface area (Å²) >= 11 is 5.55. The van der Waals surface area contributed by atoms with E-state index in [0.717, 1.165) is 28.7 Å². The largest absolute Gasteiger partial charge is 0.361 e. The normalized spacial score (nSPS) is 19.1. The summed E-state index contributed by atoms with van der Waals surface area (Å²) in [4.78, 5) is 19.1. The molecule has 1 aliphatic rings. The van der Waals surface area contributed by atoms with Crippen molar-refractivity contribution in [3.63, 3.8) is 0 Å². The van der Waals surface area contributed by atoms with Gasteiger partial charge in [-0.15, -0.1) is 11.8 Å². The summed E-state index contributed by atoms with van der Waals surface area (Å²) in [6, 6.07) is 27.9. The van der Waals surface area contributed by atoms with Crippen LogP contribution in [0.5, 0.6) is 0 Å². The summed E-state index contributed by atoms with van der Waals surface area (Å²) in [5.74, 6) is 0.707. The Hall–Kier alpha value is -2.58. The van der Waals surface area contributed by atoms with Crippen LogP contribution < -0.4 is 11.1 Å². The molecule has 0 aliphatic carbocycles. The Bertz CT molecular complexity index is 1370. The standard InChI is InChI=1S/C31H35BrN4OS/c1-31(2,33)30(37)35-29(18-23-19-34-26-11-7-6-10-25(23)26)36-20-38-28(17-21-8-4-3-5-9-21)27(36)16-22-12-14-24(32)15-13-22/h3-15,19,27-29,34H,16-18,20,33H2,1-2H3,(H,35,37). The second-order valence-electron chi connectivity index (χ2n) is 10.7. The fourth-order valence-corrected chi connectivity index (χ4v) is 6.96. The number of amides is 1. The van der Waals surface area contributed by atoms with E-state index in [1.165, 1.54) is 22.1 Å². The maximum atomic E-state index is 13.2. The Morgan fingerprint density at radius 1 is 1.05 bits per heavy atom. The summed E-state index contributed by atoms with van der Waals surface area (Å²) in [7, 11) is 0. The predicted octanol–water partition coefficient (Wildman–Crippen LogP) is 5.88. The number of benzene rings is 3. The first-order chi connectivity index (χ1) is 18.3. The van der Waals surface area contributed by atoms with E-state index in [2.05, 4.69) is 110 Å². The van der Waals surface area contributed by atoms with Gasteiger partial charge < -0.3 is 16.0 Å². The van der Waals surface area contributed by atoms with Crippen LogP contribution >= 0.6 is 27.7 Å². The van der Waals surface area contributed by atoms with Gasteiger partial charge in [0.15, 0.2) is 0 Å². The number of para-hydroxylation sites is 1. The Morgan fingerprint density at radius 3 is 2.47 bits per heavy atom. The minimum absolute atomic E-state index is 0.138. The molecule has 1 amide bonds. The summed E-state index contributed by atoms with van der Waals surface area (Å²) < 4.78 is 1.08. The van der Waals surface area contributed by atoms with E-state index in [1.54, 1.807) is 13.8 Å². The summed E-state index contributed by atoms with van der Waals surface area (Å²) in [6.45, 7) is 3.53. The van der Waals surface area contributed by atoms with Crippen LogP contribution in [0.1, 0.15) is 30.5 Å². The van der Waals surface area contributed by atoms with Crippen LogP contribution in [0.25, 0.3) is 10.9 Å². The molecule has 2 heterocycles. The zero-order valence-electron chi connectivity index (χ0n) is 21.9. The number of nitrogens with zero attached hydrogens (tertiary/aromatic N) is 1. The molecule has 0 bridgehead atoms. The lowest BCUT2D eigenvalue weighted by Gasteiger charge is -2.36. The monoisotopic (exact) mass is 590 g/mol. The maximum absolute atomic E-state index is 13.2. The number of carbonyl (C=O) groups is 1. The van der Waals surface area contributed by atoms with Crippen molar-refractivity contribution in [3.05, 3.63) is 106 Å². The molecule has 0 radical (unpaired) electrons. The molecule has 3 aromatic carbocycles. The summed E-state index contributed by atoms with van der Waals surface area (Å²) in [5, 5.41) is 4.93. The fourth-order valence-electron chi connectivity index (χ4n) is 5.17. The van der Waals surface area contributed by atoms with Crippen molar-refractivity contribution in [3.8, 4) is 0 Å². The topological polar surface area (TPSA) is 74.1 Å². The highest BCUT2D eigenvalue weighted by Crippen LogP contribution is 2.36. The lowest BCUT2D eigenvalue weighted by molar-refractivity contribution is -0.127. The number of nitrogens with two attached hydrogens (primary N) is 1. The molecule has 1 aliphatic heterocycles. The van der Waals surface area contributed by atoms with E-state index in [4.69, 9.17) is 5.73 Å². The average molecular weight is 592 g/mol. The fraction of sp³-hybridized carbons (Fsp3) is 0.323. The average Bonchev–Trinajstić information content (AvgIpc) is 3.49. The van der Waals surface area contributed by atoms with Crippen LogP contribution in [0.3, 0.4) is 0 Å². The second kappa shape index (κ2) is 11.7. The van der Waals surface area contributed by atoms with Gasteiger partial charge in [0.25, 0.3) is 0 Å². The third kappa shape index (κ3) is 6.34. The number of aromatic nitrogens is 1. The number of nitrogens with one attached hydrogen (secondary N) is 2. The molecule has 5 rings (SSSR count). The first-order valence-electron chi connectivity index (χ1n) is 13.1. The summed E-state index contributed by atoms with van der Waals surface area (Å²) in [6.07, 6.45) is 4.48. The number of fused-ring (bicyclic) bond motifs is 1. The minimum atomic E-state index is -0.962. The lowest BCUT2D eigenvalue weighted by atomic mass is 9.96. The highest BCUT2D eigenvalue weighted by molar-refractivity contribution is 9.10. The van der Waals surface area contributed by atoms with E-state index < -0.39 is 5.54 Å². The first kappa shape index (κ1) is 27.0. The number of rotatable bonds is 9. The smallest absolute Gasteiger partial charge is 0.240 e. The van der Waals surface area contributed by atoms with Gasteiger partial charge in [-0.05, 0) is 61.6 Å². The Balaban J connectivity index is 1.48. The SMILES string of the molecule is CC(C)(N)C(=O)NC(Cc1c[nH]c2ccccc12)N1CSC(Cc2ccccc2)C1Cc1ccc(Br)cc1. The van der Waals surface area contributed by atoms with E-state index >= 15 is 0 Å². The van der Waals surface area contributed by atoms with Crippen molar-refractivity contribution < 1.29 is 4.79 Å². The lowest BCUT2D eigenvalue weighted by Crippen LogP contribution is -2.59. The molecule has 38 heavy (non-hydrogen) atoms. The Kier molecular flexibility index (Phi) is 8.29. The molecule has 3 unspecified atom stereocenters. The molecule has 4 aromatic rings. The first-order valence-corrected chi connectivity index (χ1v) is 14.9. The number of halogens is 1. The minimum Gasteiger partial charge on any atom is -0.361 e. The van der Waals surface area contributed by atoms with Crippen molar-refractivity contribution in [1.29, 1.82) is 0 Å². The number of carbonyl (C=O) groups excluding carboxylic acids is 1. The van der Waals surface area contributed by atoms with E-state index in [1.807, 2.05) is 17.8 Å². The quantitative estimate of drug-likeness (QED) is 0.227. The van der Waals surface area contributed by atoms with Crippen molar-refractivity contribution >= 4 is 44.5 Å². The molecular formula is C31H35BrN4OS. The van der Waals surface area contributed by atoms with Crippen LogP contribution in [-0.4, -0.2) is 44.7 Å². The molecule has 7 heteroatoms. The number of hydrogen-bond acceptors (Lipinski definition) is 4. The third-order valence-electron chi connectivity index (χ3n) is 7.30. The van der Waals surface area contributed by atoms with Crippen LogP contribution in [0, 0.1) is 0 Å². The molecule has 1 saturated heterocycles. The van der Waals surface area contributed by atoms with Gasteiger partial charge in [0.1, 0.15) is 0 Å². The molecule has 5 nitrogen and oxygen atoms in total. The zero-order valence-corrected chi connectivity index (χ0v) is 24.3. The predicted molar refractivity (Wildman–Crippen MR) is 162 cm³/mol. The van der Waals surface area contributed by atoms with Gasteiger partial charge in [-0.25, -0.2) is 0 Å². The molecule has 0 spiro atoms. The van der Waals surface area contributed by atoms with E-state index in [0.29, 0.717) is 11.7 Å². The highest BCUT2D eigenvalue weighted by atomic mass is 79.9. The highest BCUT2D eigenvalue weighted by Gasteiger charge is 2.40. The van der Waals surface area contributed by atoms with Gasteiger partial charge >= 0.3 is 0 Å². The van der Waals surface area contributed by atoms with Crippen molar-refractivity contribution in [2.75, 3.05) is 5.88 Å². The van der Waals surface area contributed by atoms with Crippen molar-refractivity contribution in [2.45, 2.75) is 56.1 Å². The van der Waals surface area contributed by atoms with Gasteiger partial charge in [-0.3, -0.25) is 9.69 Å². The zero-order chi connectivity index (χ0) is 26.7. The number of aromatic amines is 1. The molecular weight excluding hydrogens is 556 g/mol. The van der Waals surface area contributed by atoms with E-state index in [9.17, 15) is 4.79 Å². The van der Waals surface area contributed by atoms with Gasteiger partial charge in [0, 0.05) is 45.2 Å². The molecule has 3 atom stereocenters. The van der Waals surface area contributed by atoms with Crippen LogP contribution in [0.15, 0.2) is 89.5 Å². The molecule has 1 aromatic heterocycles.